The van der Waals surface area contributed by atoms with Gasteiger partial charge < -0.3 is 15.8 Å². The fraction of sp³-hybridized carbons (Fsp3) is 0.190. The molecule has 1 heterocycles. The Balaban J connectivity index is 1.80. The number of carbonyl (C=O) groups is 2. The number of primary amides is 1. The van der Waals surface area contributed by atoms with Crippen molar-refractivity contribution in [3.05, 3.63) is 77.0 Å². The fourth-order valence-corrected chi connectivity index (χ4v) is 3.02. The Kier molecular flexibility index (Phi) is 6.79. The molecule has 0 aliphatic heterocycles. The molecule has 0 fully saturated rings. The molecule has 1 aromatic heterocycles. The van der Waals surface area contributed by atoms with Gasteiger partial charge in [-0.05, 0) is 29.3 Å². The Bertz CT molecular complexity index is 1110. The first kappa shape index (κ1) is 22.8. The van der Waals surface area contributed by atoms with Crippen LogP contribution in [0.25, 0.3) is 5.69 Å². The van der Waals surface area contributed by atoms with Crippen molar-refractivity contribution in [2.24, 2.45) is 5.73 Å². The quantitative estimate of drug-likeness (QED) is 0.515. The Hall–Kier alpha value is -3.86. The van der Waals surface area contributed by atoms with Crippen LogP contribution in [0.3, 0.4) is 0 Å². The lowest BCUT2D eigenvalue weighted by Gasteiger charge is -2.15. The number of ether oxygens (including phenoxy) is 1. The molecule has 0 spiro atoms. The highest BCUT2D eigenvalue weighted by molar-refractivity contribution is 5.94. The molecule has 168 valence electrons. The molecule has 3 aromatic rings. The van der Waals surface area contributed by atoms with E-state index in [9.17, 15) is 22.8 Å². The molecule has 0 saturated carbocycles. The number of alkyl halides is 3. The molecule has 0 saturated heterocycles. The summed E-state index contributed by atoms with van der Waals surface area (Å²) in [5.41, 5.74) is 5.29. The molecule has 8 nitrogen and oxygen atoms in total. The van der Waals surface area contributed by atoms with Crippen molar-refractivity contribution < 1.29 is 27.5 Å². The van der Waals surface area contributed by atoms with Gasteiger partial charge in [-0.2, -0.15) is 18.3 Å². The normalized spacial score (nSPS) is 11.2. The van der Waals surface area contributed by atoms with Gasteiger partial charge in [0.2, 0.25) is 0 Å². The number of amides is 3. The molecular weight excluding hydrogens is 427 g/mol. The first-order valence-corrected chi connectivity index (χ1v) is 9.37. The van der Waals surface area contributed by atoms with E-state index in [-0.39, 0.29) is 30.2 Å². The van der Waals surface area contributed by atoms with E-state index in [4.69, 9.17) is 10.5 Å². The number of nitrogens with zero attached hydrogens (tertiary/aromatic N) is 2. The zero-order valence-electron chi connectivity index (χ0n) is 16.9. The fourth-order valence-electron chi connectivity index (χ4n) is 3.02. The van der Waals surface area contributed by atoms with E-state index in [1.807, 2.05) is 0 Å². The lowest BCUT2D eigenvalue weighted by atomic mass is 10.0. The van der Waals surface area contributed by atoms with Crippen molar-refractivity contribution in [3.63, 3.8) is 0 Å². The third-order valence-corrected chi connectivity index (χ3v) is 4.43. The molecule has 4 N–H and O–H groups in total. The number of anilines is 1. The number of methoxy groups -OCH3 is 1. The van der Waals surface area contributed by atoms with Gasteiger partial charge in [0.05, 0.1) is 17.9 Å². The molecule has 3 amide bonds. The van der Waals surface area contributed by atoms with Crippen LogP contribution in [0.4, 0.5) is 23.8 Å². The minimum absolute atomic E-state index is 0.0872. The number of halogens is 3. The molecule has 0 aliphatic carbocycles. The van der Waals surface area contributed by atoms with Crippen LogP contribution in [0.2, 0.25) is 0 Å². The van der Waals surface area contributed by atoms with Crippen molar-refractivity contribution in [1.82, 2.24) is 15.1 Å². The molecule has 0 radical (unpaired) electrons. The number of nitrogens with two attached hydrogens (primary N) is 1. The van der Waals surface area contributed by atoms with E-state index in [0.29, 0.717) is 11.3 Å². The van der Waals surface area contributed by atoms with Crippen molar-refractivity contribution >= 4 is 17.8 Å². The zero-order valence-corrected chi connectivity index (χ0v) is 16.9. The van der Waals surface area contributed by atoms with Gasteiger partial charge in [-0.15, -0.1) is 0 Å². The number of hydrogen-bond acceptors (Lipinski definition) is 4. The molecule has 3 rings (SSSR count). The van der Waals surface area contributed by atoms with Gasteiger partial charge in [0.1, 0.15) is 5.82 Å². The average molecular weight is 447 g/mol. The van der Waals surface area contributed by atoms with Gasteiger partial charge in [0, 0.05) is 19.7 Å². The Morgan fingerprint density at radius 3 is 2.47 bits per heavy atom. The smallest absolute Gasteiger partial charge is 0.380 e. The molecule has 0 atom stereocenters. The van der Waals surface area contributed by atoms with Crippen LogP contribution < -0.4 is 16.4 Å². The summed E-state index contributed by atoms with van der Waals surface area (Å²) in [6.07, 6.45) is -4.58. The van der Waals surface area contributed by atoms with Gasteiger partial charge in [0.15, 0.2) is 5.69 Å². The molecule has 32 heavy (non-hydrogen) atoms. The highest BCUT2D eigenvalue weighted by Crippen LogP contribution is 2.32. The second kappa shape index (κ2) is 9.52. The number of rotatable bonds is 7. The zero-order chi connectivity index (χ0) is 23.3. The van der Waals surface area contributed by atoms with E-state index in [1.54, 1.807) is 30.3 Å². The van der Waals surface area contributed by atoms with Gasteiger partial charge in [-0.3, -0.25) is 10.1 Å². The molecule has 2 aromatic carbocycles. The summed E-state index contributed by atoms with van der Waals surface area (Å²) in [6.45, 7) is -0.260. The Morgan fingerprint density at radius 1 is 1.12 bits per heavy atom. The Labute approximate surface area is 181 Å². The molecular formula is C21H20F3N5O3. The topological polar surface area (TPSA) is 111 Å². The maximum atomic E-state index is 13.3. The van der Waals surface area contributed by atoms with E-state index >= 15 is 0 Å². The molecule has 11 heteroatoms. The van der Waals surface area contributed by atoms with Crippen molar-refractivity contribution in [2.45, 2.75) is 19.3 Å². The largest absolute Gasteiger partial charge is 0.416 e. The third-order valence-electron chi connectivity index (χ3n) is 4.43. The number of urea groups is 1. The molecule has 0 bridgehead atoms. The highest BCUT2D eigenvalue weighted by Gasteiger charge is 2.33. The van der Waals surface area contributed by atoms with Crippen LogP contribution in [-0.4, -0.2) is 28.8 Å². The lowest BCUT2D eigenvalue weighted by molar-refractivity contribution is -0.138. The number of aromatic nitrogens is 2. The first-order chi connectivity index (χ1) is 15.2. The maximum Gasteiger partial charge on any atom is 0.416 e. The van der Waals surface area contributed by atoms with E-state index < -0.39 is 23.7 Å². The summed E-state index contributed by atoms with van der Waals surface area (Å²) < 4.78 is 46.3. The number of nitrogens with one attached hydrogen (secondary N) is 2. The van der Waals surface area contributed by atoms with Gasteiger partial charge in [-0.25, -0.2) is 9.48 Å². The summed E-state index contributed by atoms with van der Waals surface area (Å²) in [5, 5.41) is 8.95. The van der Waals surface area contributed by atoms with Gasteiger partial charge in [-0.1, -0.05) is 30.3 Å². The first-order valence-electron chi connectivity index (χ1n) is 9.37. The minimum Gasteiger partial charge on any atom is -0.380 e. The second-order valence-electron chi connectivity index (χ2n) is 6.76. The van der Waals surface area contributed by atoms with Crippen LogP contribution in [0.15, 0.2) is 54.6 Å². The monoisotopic (exact) mass is 447 g/mol. The standard InChI is InChI=1S/C21H20F3N5O3/c1-32-12-13-7-8-16(21(22,23)24)14(9-13)11-26-20(31)27-18-10-17(19(25)30)28-29(18)15-5-3-2-4-6-15/h2-10H,11-12H2,1H3,(H2,25,30)(H2,26,27,31). The van der Waals surface area contributed by atoms with Gasteiger partial charge >= 0.3 is 12.2 Å². The van der Waals surface area contributed by atoms with Crippen LogP contribution in [0.1, 0.15) is 27.2 Å². The second-order valence-corrected chi connectivity index (χ2v) is 6.76. The minimum atomic E-state index is -4.58. The number of para-hydroxylation sites is 1. The average Bonchev–Trinajstić information content (AvgIpc) is 3.16. The summed E-state index contributed by atoms with van der Waals surface area (Å²) in [5.74, 6) is -0.681. The summed E-state index contributed by atoms with van der Waals surface area (Å²) in [6, 6.07) is 12.7. The van der Waals surface area contributed by atoms with Crippen LogP contribution in [0, 0.1) is 0 Å². The van der Waals surface area contributed by atoms with E-state index in [2.05, 4.69) is 15.7 Å². The number of hydrogen-bond donors (Lipinski definition) is 3. The van der Waals surface area contributed by atoms with Crippen LogP contribution in [-0.2, 0) is 24.1 Å². The third kappa shape index (κ3) is 5.43. The summed E-state index contributed by atoms with van der Waals surface area (Å²) in [7, 11) is 1.43. The predicted molar refractivity (Wildman–Crippen MR) is 110 cm³/mol. The van der Waals surface area contributed by atoms with Crippen molar-refractivity contribution in [3.8, 4) is 5.69 Å². The van der Waals surface area contributed by atoms with Crippen LogP contribution in [0.5, 0.6) is 0 Å². The lowest BCUT2D eigenvalue weighted by Crippen LogP contribution is -2.30. The van der Waals surface area contributed by atoms with Gasteiger partial charge in [0.25, 0.3) is 5.91 Å². The van der Waals surface area contributed by atoms with Crippen molar-refractivity contribution in [2.75, 3.05) is 12.4 Å². The number of carbonyl (C=O) groups excluding carboxylic acids is 2. The summed E-state index contributed by atoms with van der Waals surface area (Å²) >= 11 is 0. The molecule has 0 aliphatic rings. The number of benzene rings is 2. The summed E-state index contributed by atoms with van der Waals surface area (Å²) in [4.78, 5) is 23.9. The maximum absolute atomic E-state index is 13.3. The SMILES string of the molecule is COCc1ccc(C(F)(F)F)c(CNC(=O)Nc2cc(C(N)=O)nn2-c2ccccc2)c1. The predicted octanol–water partition coefficient (Wildman–Crippen LogP) is 3.46. The van der Waals surface area contributed by atoms with E-state index in [1.165, 1.54) is 30.0 Å². The van der Waals surface area contributed by atoms with E-state index in [0.717, 1.165) is 6.07 Å². The van der Waals surface area contributed by atoms with Crippen molar-refractivity contribution in [1.29, 1.82) is 0 Å². The molecule has 0 unspecified atom stereocenters. The highest BCUT2D eigenvalue weighted by atomic mass is 19.4. The Morgan fingerprint density at radius 2 is 1.84 bits per heavy atom. The van der Waals surface area contributed by atoms with Crippen LogP contribution >= 0.6 is 0 Å².